The van der Waals surface area contributed by atoms with Gasteiger partial charge < -0.3 is 10.2 Å². The Hall–Kier alpha value is -2.74. The van der Waals surface area contributed by atoms with Gasteiger partial charge in [-0.3, -0.25) is 4.99 Å². The van der Waals surface area contributed by atoms with E-state index in [4.69, 9.17) is 21.6 Å². The molecule has 4 nitrogen and oxygen atoms in total. The fourth-order valence-corrected chi connectivity index (χ4v) is 6.57. The summed E-state index contributed by atoms with van der Waals surface area (Å²) in [5.74, 6) is 0.887. The number of hydrogen-bond acceptors (Lipinski definition) is 5. The lowest BCUT2D eigenvalue weighted by Crippen LogP contribution is -2.41. The number of rotatable bonds is 8. The molecule has 1 saturated heterocycles. The Bertz CT molecular complexity index is 1320. The molecule has 1 aromatic carbocycles. The summed E-state index contributed by atoms with van der Waals surface area (Å²) in [6.07, 6.45) is 9.72. The van der Waals surface area contributed by atoms with Crippen molar-refractivity contribution in [2.75, 3.05) is 19.6 Å². The number of allylic oxidation sites excluding steroid dienone is 5. The van der Waals surface area contributed by atoms with E-state index in [-0.39, 0.29) is 5.25 Å². The molecule has 1 aromatic rings. The predicted molar refractivity (Wildman–Crippen MR) is 156 cm³/mol. The standard InChI is InChI=1S/C30H31ClF2N4S/c1-4-11-34-16-20-14-26-27(25-10-8-22(35-25)13-19(3)32)28(23-9-7-21(33)15-24(23)31)36-30(37(26)17-20)29-18(2)6-5-12-38-29/h4-5,7-10,12-13,15,19-20,28-29,34H,1-2,6,11,14,16-17H2,3H3/b22-13-/t19?,20-,28+,29?/m1/s1. The molecule has 0 bridgehead atoms. The lowest BCUT2D eigenvalue weighted by atomic mass is 9.90. The van der Waals surface area contributed by atoms with Gasteiger partial charge in [0.05, 0.1) is 16.7 Å². The molecule has 0 saturated carbocycles. The molecule has 198 valence electrons. The molecule has 0 amide bonds. The zero-order valence-electron chi connectivity index (χ0n) is 21.3. The lowest BCUT2D eigenvalue weighted by molar-refractivity contribution is 0.429. The number of nitrogens with one attached hydrogen (secondary N) is 1. The Morgan fingerprint density at radius 2 is 2.18 bits per heavy atom. The molecule has 0 radical (unpaired) electrons. The average Bonchev–Trinajstić information content (AvgIpc) is 3.50. The maximum absolute atomic E-state index is 14.1. The smallest absolute Gasteiger partial charge is 0.124 e. The van der Waals surface area contributed by atoms with E-state index in [1.807, 2.05) is 18.2 Å². The second-order valence-corrected chi connectivity index (χ2v) is 11.3. The first kappa shape index (κ1) is 26.9. The van der Waals surface area contributed by atoms with Gasteiger partial charge in [-0.1, -0.05) is 42.0 Å². The van der Waals surface area contributed by atoms with Crippen LogP contribution >= 0.6 is 23.4 Å². The highest BCUT2D eigenvalue weighted by Crippen LogP contribution is 2.46. The molecule has 0 spiro atoms. The summed E-state index contributed by atoms with van der Waals surface area (Å²) < 4.78 is 27.8. The second-order valence-electron chi connectivity index (χ2n) is 9.89. The van der Waals surface area contributed by atoms with Crippen LogP contribution in [0.1, 0.15) is 31.4 Å². The Balaban J connectivity index is 1.66. The van der Waals surface area contributed by atoms with E-state index in [1.54, 1.807) is 17.8 Å². The van der Waals surface area contributed by atoms with Gasteiger partial charge >= 0.3 is 0 Å². The molecule has 4 aliphatic heterocycles. The normalized spacial score (nSPS) is 26.6. The third kappa shape index (κ3) is 5.51. The van der Waals surface area contributed by atoms with Crippen molar-refractivity contribution in [2.45, 2.75) is 37.2 Å². The number of benzene rings is 1. The van der Waals surface area contributed by atoms with E-state index >= 15 is 0 Å². The molecule has 0 aliphatic carbocycles. The first-order valence-corrected chi connectivity index (χ1v) is 14.1. The summed E-state index contributed by atoms with van der Waals surface area (Å²) in [6.45, 7) is 12.0. The van der Waals surface area contributed by atoms with Crippen LogP contribution in [0.4, 0.5) is 8.78 Å². The Labute approximate surface area is 232 Å². The highest BCUT2D eigenvalue weighted by molar-refractivity contribution is 8.03. The van der Waals surface area contributed by atoms with Crippen LogP contribution in [0.3, 0.4) is 0 Å². The van der Waals surface area contributed by atoms with E-state index in [9.17, 15) is 8.78 Å². The molecule has 4 atom stereocenters. The van der Waals surface area contributed by atoms with Crippen LogP contribution in [-0.2, 0) is 0 Å². The summed E-state index contributed by atoms with van der Waals surface area (Å²) in [5.41, 5.74) is 5.19. The first-order valence-electron chi connectivity index (χ1n) is 12.8. The zero-order chi connectivity index (χ0) is 26.8. The largest absolute Gasteiger partial charge is 0.332 e. The minimum atomic E-state index is -1.11. The van der Waals surface area contributed by atoms with Crippen LogP contribution in [-0.4, -0.2) is 47.5 Å². The Kier molecular flexibility index (Phi) is 8.17. The average molecular weight is 553 g/mol. The van der Waals surface area contributed by atoms with Gasteiger partial charge in [0.15, 0.2) is 0 Å². The summed E-state index contributed by atoms with van der Waals surface area (Å²) in [6, 6.07) is 3.98. The number of alkyl halides is 1. The van der Waals surface area contributed by atoms with Gasteiger partial charge in [-0.25, -0.2) is 13.8 Å². The molecule has 2 unspecified atom stereocenters. The Morgan fingerprint density at radius 1 is 1.34 bits per heavy atom. The van der Waals surface area contributed by atoms with Crippen molar-refractivity contribution in [1.82, 2.24) is 10.2 Å². The van der Waals surface area contributed by atoms with Crippen molar-refractivity contribution in [3.63, 3.8) is 0 Å². The van der Waals surface area contributed by atoms with Gasteiger partial charge in [-0.15, -0.1) is 18.3 Å². The van der Waals surface area contributed by atoms with Gasteiger partial charge in [0.2, 0.25) is 0 Å². The summed E-state index contributed by atoms with van der Waals surface area (Å²) in [5, 5.41) is 5.89. The van der Waals surface area contributed by atoms with Gasteiger partial charge in [-0.05, 0) is 61.5 Å². The third-order valence-electron chi connectivity index (χ3n) is 6.98. The van der Waals surface area contributed by atoms with Gasteiger partial charge in [-0.2, -0.15) is 0 Å². The molecule has 0 aromatic heterocycles. The predicted octanol–water partition coefficient (Wildman–Crippen LogP) is 7.11. The fourth-order valence-electron chi connectivity index (χ4n) is 5.34. The van der Waals surface area contributed by atoms with E-state index in [0.717, 1.165) is 66.4 Å². The van der Waals surface area contributed by atoms with Crippen molar-refractivity contribution in [3.05, 3.63) is 106 Å². The van der Waals surface area contributed by atoms with Crippen LogP contribution in [0.5, 0.6) is 0 Å². The summed E-state index contributed by atoms with van der Waals surface area (Å²) in [7, 11) is 0. The molecule has 8 heteroatoms. The van der Waals surface area contributed by atoms with E-state index in [0.29, 0.717) is 16.6 Å². The SMILES string of the molecule is C=CCNC[C@H]1CC2=C(C3=N/C(=C\C(C)F)C=C3)[C@H](c3ccc(F)cc3Cl)N=C(C3SC=CCC3=C)N2C1. The van der Waals surface area contributed by atoms with Gasteiger partial charge in [0.25, 0.3) is 0 Å². The fraction of sp³-hybridized carbons (Fsp3) is 0.333. The molecule has 1 N–H and O–H groups in total. The maximum atomic E-state index is 14.1. The minimum absolute atomic E-state index is 0.00191. The van der Waals surface area contributed by atoms with Gasteiger partial charge in [0, 0.05) is 41.5 Å². The van der Waals surface area contributed by atoms with Crippen molar-refractivity contribution in [2.24, 2.45) is 15.9 Å². The van der Waals surface area contributed by atoms with Crippen LogP contribution in [0.15, 0.2) is 99.7 Å². The molecular weight excluding hydrogens is 522 g/mol. The molecule has 4 heterocycles. The van der Waals surface area contributed by atoms with Crippen molar-refractivity contribution < 1.29 is 8.78 Å². The monoisotopic (exact) mass is 552 g/mol. The molecule has 4 aliphatic rings. The quantitative estimate of drug-likeness (QED) is 0.276. The zero-order valence-corrected chi connectivity index (χ0v) is 22.9. The lowest BCUT2D eigenvalue weighted by Gasteiger charge is -2.37. The van der Waals surface area contributed by atoms with Crippen LogP contribution in [0.25, 0.3) is 0 Å². The highest BCUT2D eigenvalue weighted by atomic mass is 35.5. The number of aliphatic imine (C=N–C) groups is 2. The second kappa shape index (κ2) is 11.6. The van der Waals surface area contributed by atoms with E-state index in [2.05, 4.69) is 34.9 Å². The summed E-state index contributed by atoms with van der Waals surface area (Å²) in [4.78, 5) is 12.4. The Morgan fingerprint density at radius 3 is 2.92 bits per heavy atom. The topological polar surface area (TPSA) is 40.0 Å². The number of nitrogens with zero attached hydrogens (tertiary/aromatic N) is 3. The summed E-state index contributed by atoms with van der Waals surface area (Å²) >= 11 is 8.33. The number of amidine groups is 1. The van der Waals surface area contributed by atoms with Crippen molar-refractivity contribution in [1.29, 1.82) is 0 Å². The molecule has 1 fully saturated rings. The minimum Gasteiger partial charge on any atom is -0.332 e. The van der Waals surface area contributed by atoms with E-state index in [1.165, 1.54) is 25.1 Å². The van der Waals surface area contributed by atoms with Crippen LogP contribution in [0.2, 0.25) is 5.02 Å². The van der Waals surface area contributed by atoms with Crippen LogP contribution < -0.4 is 5.32 Å². The van der Waals surface area contributed by atoms with Gasteiger partial charge in [0.1, 0.15) is 23.9 Å². The number of thioether (sulfide) groups is 1. The maximum Gasteiger partial charge on any atom is 0.124 e. The van der Waals surface area contributed by atoms with Crippen molar-refractivity contribution in [3.8, 4) is 0 Å². The third-order valence-corrected chi connectivity index (χ3v) is 8.48. The number of fused-ring (bicyclic) bond motifs is 1. The number of halogens is 3. The first-order chi connectivity index (χ1) is 18.4. The molecular formula is C30H31ClF2N4S. The molecule has 38 heavy (non-hydrogen) atoms. The van der Waals surface area contributed by atoms with Crippen LogP contribution in [0, 0.1) is 11.7 Å². The molecule has 5 rings (SSSR count). The highest BCUT2D eigenvalue weighted by Gasteiger charge is 2.42. The van der Waals surface area contributed by atoms with Crippen molar-refractivity contribution >= 4 is 34.9 Å². The number of hydrogen-bond donors (Lipinski definition) is 1. The van der Waals surface area contributed by atoms with E-state index < -0.39 is 18.0 Å².